The Hall–Kier alpha value is -1.07. The Kier molecular flexibility index (Phi) is 3.13. The van der Waals surface area contributed by atoms with Gasteiger partial charge in [-0.1, -0.05) is 11.6 Å². The van der Waals surface area contributed by atoms with Gasteiger partial charge in [-0.15, -0.1) is 0 Å². The van der Waals surface area contributed by atoms with Crippen molar-refractivity contribution in [1.82, 2.24) is 0 Å². The molecule has 1 atom stereocenters. The lowest BCUT2D eigenvalue weighted by atomic mass is 9.95. The van der Waals surface area contributed by atoms with Crippen LogP contribution in [0.25, 0.3) is 0 Å². The highest BCUT2D eigenvalue weighted by atomic mass is 35.5. The van der Waals surface area contributed by atoms with E-state index in [1.807, 2.05) is 0 Å². The predicted molar refractivity (Wildman–Crippen MR) is 54.9 cm³/mol. The number of benzene rings is 1. The fraction of sp³-hybridized carbons (Fsp3) is 0.364. The summed E-state index contributed by atoms with van der Waals surface area (Å²) in [5, 5.41) is 9.13. The number of rotatable bonds is 1. The van der Waals surface area contributed by atoms with Gasteiger partial charge in [0, 0.05) is 10.6 Å². The van der Waals surface area contributed by atoms with E-state index in [9.17, 15) is 4.39 Å². The average Bonchev–Trinajstić information content (AvgIpc) is 2.19. The minimum absolute atomic E-state index is 0.311. The van der Waals surface area contributed by atoms with Crippen molar-refractivity contribution in [2.24, 2.45) is 0 Å². The summed E-state index contributed by atoms with van der Waals surface area (Å²) < 4.78 is 13.6. The largest absolute Gasteiger partial charge is 0.206 e. The molecule has 0 aliphatic carbocycles. The first-order valence-electron chi connectivity index (χ1n) is 4.33. The third-order valence-electron chi connectivity index (χ3n) is 2.39. The maximum Gasteiger partial charge on any atom is 0.130 e. The van der Waals surface area contributed by atoms with Crippen molar-refractivity contribution in [3.63, 3.8) is 0 Å². The molecule has 3 heteroatoms. The number of hydrogen-bond acceptors (Lipinski definition) is 1. The standard InChI is InChI=1S/C11H11ClFN/c1-6(5-14)9-4-10(12)8(3)11(13)7(9)2/h4,6H,1-3H3. The summed E-state index contributed by atoms with van der Waals surface area (Å²) in [4.78, 5) is 0. The van der Waals surface area contributed by atoms with Crippen LogP contribution < -0.4 is 0 Å². The van der Waals surface area contributed by atoms with Crippen molar-refractivity contribution in [3.05, 3.63) is 33.6 Å². The molecule has 0 saturated carbocycles. The highest BCUT2D eigenvalue weighted by Gasteiger charge is 2.15. The summed E-state index contributed by atoms with van der Waals surface area (Å²) >= 11 is 5.84. The van der Waals surface area contributed by atoms with Crippen molar-refractivity contribution in [2.75, 3.05) is 0 Å². The van der Waals surface area contributed by atoms with Crippen LogP contribution in [0.15, 0.2) is 6.07 Å². The molecule has 1 nitrogen and oxygen atoms in total. The lowest BCUT2D eigenvalue weighted by molar-refractivity contribution is 0.605. The molecule has 1 aromatic carbocycles. The quantitative estimate of drug-likeness (QED) is 0.695. The minimum atomic E-state index is -0.331. The van der Waals surface area contributed by atoms with Gasteiger partial charge in [-0.2, -0.15) is 5.26 Å². The molecule has 0 heterocycles. The van der Waals surface area contributed by atoms with E-state index in [-0.39, 0.29) is 11.7 Å². The van der Waals surface area contributed by atoms with E-state index in [4.69, 9.17) is 16.9 Å². The van der Waals surface area contributed by atoms with Crippen LogP contribution in [0.3, 0.4) is 0 Å². The smallest absolute Gasteiger partial charge is 0.130 e. The molecule has 1 rings (SSSR count). The molecule has 0 spiro atoms. The van der Waals surface area contributed by atoms with Gasteiger partial charge in [0.15, 0.2) is 0 Å². The van der Waals surface area contributed by atoms with E-state index in [0.717, 1.165) is 0 Å². The molecular weight excluding hydrogens is 201 g/mol. The predicted octanol–water partition coefficient (Wildman–Crippen LogP) is 3.72. The molecule has 1 aromatic rings. The first-order valence-corrected chi connectivity index (χ1v) is 4.71. The van der Waals surface area contributed by atoms with Crippen LogP contribution in [0.4, 0.5) is 4.39 Å². The third-order valence-corrected chi connectivity index (χ3v) is 2.78. The molecule has 0 aliphatic rings. The van der Waals surface area contributed by atoms with Crippen LogP contribution in [0.2, 0.25) is 5.02 Å². The zero-order valence-electron chi connectivity index (χ0n) is 8.36. The lowest BCUT2D eigenvalue weighted by Gasteiger charge is -2.11. The van der Waals surface area contributed by atoms with Crippen molar-refractivity contribution < 1.29 is 4.39 Å². The third kappa shape index (κ3) is 1.73. The van der Waals surface area contributed by atoms with Crippen molar-refractivity contribution in [3.8, 4) is 6.07 Å². The van der Waals surface area contributed by atoms with Crippen molar-refractivity contribution >= 4 is 11.6 Å². The van der Waals surface area contributed by atoms with Gasteiger partial charge in [0.2, 0.25) is 0 Å². The van der Waals surface area contributed by atoms with E-state index >= 15 is 0 Å². The van der Waals surface area contributed by atoms with Crippen LogP contribution in [0, 0.1) is 31.0 Å². The molecule has 0 fully saturated rings. The monoisotopic (exact) mass is 211 g/mol. The van der Waals surface area contributed by atoms with Crippen LogP contribution in [-0.2, 0) is 0 Å². The number of halogens is 2. The molecule has 0 saturated heterocycles. The Labute approximate surface area is 88.1 Å². The normalized spacial score (nSPS) is 12.3. The Morgan fingerprint density at radius 1 is 1.43 bits per heavy atom. The van der Waals surface area contributed by atoms with Gasteiger partial charge in [0.1, 0.15) is 5.82 Å². The topological polar surface area (TPSA) is 23.8 Å². The molecule has 0 N–H and O–H groups in total. The second-order valence-electron chi connectivity index (χ2n) is 3.36. The van der Waals surface area contributed by atoms with Gasteiger partial charge < -0.3 is 0 Å². The molecule has 0 bridgehead atoms. The van der Waals surface area contributed by atoms with Crippen LogP contribution in [-0.4, -0.2) is 0 Å². The first kappa shape index (κ1) is 11.0. The van der Waals surface area contributed by atoms with Gasteiger partial charge in [-0.3, -0.25) is 0 Å². The molecule has 74 valence electrons. The maximum absolute atomic E-state index is 13.6. The summed E-state index contributed by atoms with van der Waals surface area (Å²) in [5.41, 5.74) is 1.62. The van der Waals surface area contributed by atoms with E-state index in [2.05, 4.69) is 6.07 Å². The molecule has 0 amide bonds. The van der Waals surface area contributed by atoms with Crippen LogP contribution in [0.5, 0.6) is 0 Å². The maximum atomic E-state index is 13.6. The second kappa shape index (κ2) is 3.98. The van der Waals surface area contributed by atoms with Gasteiger partial charge in [0.05, 0.1) is 12.0 Å². The second-order valence-corrected chi connectivity index (χ2v) is 3.77. The fourth-order valence-electron chi connectivity index (χ4n) is 1.39. The number of nitrogens with zero attached hydrogens (tertiary/aromatic N) is 1. The Morgan fingerprint density at radius 3 is 2.50 bits per heavy atom. The Bertz CT molecular complexity index is 407. The highest BCUT2D eigenvalue weighted by Crippen LogP contribution is 2.28. The molecule has 14 heavy (non-hydrogen) atoms. The van der Waals surface area contributed by atoms with E-state index in [1.54, 1.807) is 26.8 Å². The van der Waals surface area contributed by atoms with Gasteiger partial charge >= 0.3 is 0 Å². The Balaban J connectivity index is 3.42. The summed E-state index contributed by atoms with van der Waals surface area (Å²) in [6, 6.07) is 3.74. The van der Waals surface area contributed by atoms with Gasteiger partial charge in [-0.25, -0.2) is 4.39 Å². The molecule has 0 radical (unpaired) electrons. The van der Waals surface area contributed by atoms with Gasteiger partial charge in [0.25, 0.3) is 0 Å². The molecule has 0 aromatic heterocycles. The summed E-state index contributed by atoms with van der Waals surface area (Å²) in [6.45, 7) is 5.03. The Morgan fingerprint density at radius 2 is 2.00 bits per heavy atom. The van der Waals surface area contributed by atoms with Crippen LogP contribution in [0.1, 0.15) is 29.5 Å². The molecular formula is C11H11ClFN. The number of nitriles is 1. The fourth-order valence-corrected chi connectivity index (χ4v) is 1.59. The summed E-state index contributed by atoms with van der Waals surface area (Å²) in [5.74, 6) is -0.641. The zero-order valence-corrected chi connectivity index (χ0v) is 9.11. The number of hydrogen-bond donors (Lipinski definition) is 0. The van der Waals surface area contributed by atoms with Crippen molar-refractivity contribution in [1.29, 1.82) is 5.26 Å². The first-order chi connectivity index (χ1) is 6.49. The van der Waals surface area contributed by atoms with Gasteiger partial charge in [-0.05, 0) is 38.0 Å². The summed E-state index contributed by atoms with van der Waals surface area (Å²) in [7, 11) is 0. The molecule has 1 unspecified atom stereocenters. The van der Waals surface area contributed by atoms with Crippen molar-refractivity contribution in [2.45, 2.75) is 26.7 Å². The SMILES string of the molecule is Cc1c(Cl)cc(C(C)C#N)c(C)c1F. The average molecular weight is 212 g/mol. The van der Waals surface area contributed by atoms with E-state index in [1.165, 1.54) is 0 Å². The highest BCUT2D eigenvalue weighted by molar-refractivity contribution is 6.31. The zero-order chi connectivity index (χ0) is 10.9. The van der Waals surface area contributed by atoms with E-state index in [0.29, 0.717) is 21.7 Å². The molecule has 0 aliphatic heterocycles. The minimum Gasteiger partial charge on any atom is -0.206 e. The van der Waals surface area contributed by atoms with Crippen LogP contribution >= 0.6 is 11.6 Å². The van der Waals surface area contributed by atoms with E-state index < -0.39 is 0 Å². The lowest BCUT2D eigenvalue weighted by Crippen LogP contribution is -1.99. The summed E-state index contributed by atoms with van der Waals surface area (Å²) in [6.07, 6.45) is 0.